The van der Waals surface area contributed by atoms with Crippen molar-refractivity contribution in [2.24, 2.45) is 0 Å². The lowest BCUT2D eigenvalue weighted by atomic mass is 10.1. The highest BCUT2D eigenvalue weighted by molar-refractivity contribution is 5.98. The number of anilines is 2. The summed E-state index contributed by atoms with van der Waals surface area (Å²) < 4.78 is 4.58. The lowest BCUT2D eigenvalue weighted by molar-refractivity contribution is 0.0602. The van der Waals surface area contributed by atoms with Crippen molar-refractivity contribution in [1.82, 2.24) is 0 Å². The Morgan fingerprint density at radius 1 is 1.64 bits per heavy atom. The van der Waals surface area contributed by atoms with Gasteiger partial charge in [0.05, 0.1) is 24.0 Å². The van der Waals surface area contributed by atoms with E-state index in [1.807, 2.05) is 0 Å². The quantitative estimate of drug-likeness (QED) is 0.564. The number of benzene rings is 1. The van der Waals surface area contributed by atoms with Crippen LogP contribution in [0.2, 0.25) is 0 Å². The topological polar surface area (TPSA) is 64.3 Å². The molecule has 0 saturated carbocycles. The van der Waals surface area contributed by atoms with Crippen molar-refractivity contribution in [3.63, 3.8) is 0 Å². The first-order chi connectivity index (χ1) is 6.70. The Morgan fingerprint density at radius 3 is 2.93 bits per heavy atom. The van der Waals surface area contributed by atoms with Crippen LogP contribution in [0.1, 0.15) is 10.4 Å². The molecule has 0 aliphatic carbocycles. The van der Waals surface area contributed by atoms with Crippen LogP contribution in [0.15, 0.2) is 31.0 Å². The molecule has 0 unspecified atom stereocenters. The van der Waals surface area contributed by atoms with Crippen molar-refractivity contribution in [3.05, 3.63) is 36.5 Å². The van der Waals surface area contributed by atoms with Gasteiger partial charge in [-0.3, -0.25) is 0 Å². The fourth-order valence-electron chi connectivity index (χ4n) is 1.09. The molecule has 0 fully saturated rings. The molecule has 1 aromatic rings. The predicted octanol–water partition coefficient (Wildman–Crippen LogP) is 1.61. The highest BCUT2D eigenvalue weighted by Gasteiger charge is 2.11. The van der Waals surface area contributed by atoms with Gasteiger partial charge in [-0.05, 0) is 18.3 Å². The van der Waals surface area contributed by atoms with E-state index in [-0.39, 0.29) is 0 Å². The Hall–Kier alpha value is -1.97. The highest BCUT2D eigenvalue weighted by Crippen LogP contribution is 2.23. The second-order valence-electron chi connectivity index (χ2n) is 2.61. The fourth-order valence-corrected chi connectivity index (χ4v) is 1.09. The van der Waals surface area contributed by atoms with E-state index in [9.17, 15) is 4.79 Å². The largest absolute Gasteiger partial charge is 0.465 e. The first kappa shape index (κ1) is 10.1. The van der Waals surface area contributed by atoms with Gasteiger partial charge in [-0.1, -0.05) is 12.6 Å². The molecule has 0 saturated heterocycles. The smallest absolute Gasteiger partial charge is 0.340 e. The maximum atomic E-state index is 11.2. The SMILES string of the molecule is C=CNc1cccc(C(=O)OC)c1N. The number of carbonyl (C=O) groups is 1. The summed E-state index contributed by atoms with van der Waals surface area (Å²) in [7, 11) is 1.31. The summed E-state index contributed by atoms with van der Waals surface area (Å²) in [6.45, 7) is 3.51. The van der Waals surface area contributed by atoms with Crippen molar-refractivity contribution in [2.75, 3.05) is 18.2 Å². The zero-order chi connectivity index (χ0) is 10.6. The van der Waals surface area contributed by atoms with Crippen LogP contribution in [-0.4, -0.2) is 13.1 Å². The maximum absolute atomic E-state index is 11.2. The number of rotatable bonds is 3. The van der Waals surface area contributed by atoms with Crippen molar-refractivity contribution >= 4 is 17.3 Å². The van der Waals surface area contributed by atoms with Gasteiger partial charge in [0, 0.05) is 0 Å². The average Bonchev–Trinajstić information content (AvgIpc) is 2.20. The van der Waals surface area contributed by atoms with Crippen molar-refractivity contribution in [3.8, 4) is 0 Å². The van der Waals surface area contributed by atoms with Crippen LogP contribution >= 0.6 is 0 Å². The summed E-state index contributed by atoms with van der Waals surface area (Å²) in [5.74, 6) is -0.449. The predicted molar refractivity (Wildman–Crippen MR) is 56.0 cm³/mol. The zero-order valence-corrected chi connectivity index (χ0v) is 7.91. The van der Waals surface area contributed by atoms with Gasteiger partial charge in [0.15, 0.2) is 0 Å². The summed E-state index contributed by atoms with van der Waals surface area (Å²) in [6, 6.07) is 5.08. The third-order valence-corrected chi connectivity index (χ3v) is 1.77. The van der Waals surface area contributed by atoms with E-state index in [0.29, 0.717) is 16.9 Å². The maximum Gasteiger partial charge on any atom is 0.340 e. The van der Waals surface area contributed by atoms with Crippen LogP contribution in [0.5, 0.6) is 0 Å². The number of nitrogens with two attached hydrogens (primary N) is 1. The molecule has 4 heteroatoms. The summed E-state index contributed by atoms with van der Waals surface area (Å²) in [5, 5.41) is 2.83. The third kappa shape index (κ3) is 1.85. The van der Waals surface area contributed by atoms with Crippen LogP contribution < -0.4 is 11.1 Å². The molecule has 14 heavy (non-hydrogen) atoms. The van der Waals surface area contributed by atoms with Gasteiger partial charge >= 0.3 is 5.97 Å². The van der Waals surface area contributed by atoms with E-state index in [1.54, 1.807) is 18.2 Å². The van der Waals surface area contributed by atoms with E-state index in [4.69, 9.17) is 5.73 Å². The number of ether oxygens (including phenoxy) is 1. The monoisotopic (exact) mass is 192 g/mol. The molecule has 0 spiro atoms. The van der Waals surface area contributed by atoms with Crippen LogP contribution in [0.4, 0.5) is 11.4 Å². The van der Waals surface area contributed by atoms with Crippen molar-refractivity contribution in [2.45, 2.75) is 0 Å². The molecular formula is C10H12N2O2. The summed E-state index contributed by atoms with van der Waals surface area (Å²) in [4.78, 5) is 11.2. The molecule has 0 amide bonds. The molecule has 0 heterocycles. The number of esters is 1. The van der Waals surface area contributed by atoms with Gasteiger partial charge in [0.1, 0.15) is 0 Å². The normalized spacial score (nSPS) is 9.21. The molecule has 0 radical (unpaired) electrons. The van der Waals surface area contributed by atoms with Crippen LogP contribution in [0.3, 0.4) is 0 Å². The first-order valence-corrected chi connectivity index (χ1v) is 4.05. The van der Waals surface area contributed by atoms with Gasteiger partial charge in [0.25, 0.3) is 0 Å². The minimum Gasteiger partial charge on any atom is -0.465 e. The van der Waals surface area contributed by atoms with Crippen LogP contribution in [0, 0.1) is 0 Å². The van der Waals surface area contributed by atoms with E-state index < -0.39 is 5.97 Å². The molecule has 0 aliphatic rings. The van der Waals surface area contributed by atoms with Crippen LogP contribution in [0.25, 0.3) is 0 Å². The molecule has 74 valence electrons. The Morgan fingerprint density at radius 2 is 2.36 bits per heavy atom. The van der Waals surface area contributed by atoms with Crippen LogP contribution in [-0.2, 0) is 4.74 Å². The second-order valence-corrected chi connectivity index (χ2v) is 2.61. The second kappa shape index (κ2) is 4.32. The van der Waals surface area contributed by atoms with Crippen molar-refractivity contribution in [1.29, 1.82) is 0 Å². The molecule has 0 aliphatic heterocycles. The molecular weight excluding hydrogens is 180 g/mol. The number of methoxy groups -OCH3 is 1. The molecule has 1 aromatic carbocycles. The molecule has 0 atom stereocenters. The Balaban J connectivity index is 3.13. The Labute approximate surface area is 82.4 Å². The lowest BCUT2D eigenvalue weighted by Gasteiger charge is -2.08. The Kier molecular flexibility index (Phi) is 3.12. The van der Waals surface area contributed by atoms with Gasteiger partial charge < -0.3 is 15.8 Å². The molecule has 3 N–H and O–H groups in total. The van der Waals surface area contributed by atoms with Gasteiger partial charge in [-0.25, -0.2) is 4.79 Å². The number of hydrogen-bond acceptors (Lipinski definition) is 4. The lowest BCUT2D eigenvalue weighted by Crippen LogP contribution is -2.07. The van der Waals surface area contributed by atoms with E-state index in [1.165, 1.54) is 13.3 Å². The summed E-state index contributed by atoms with van der Waals surface area (Å²) in [5.41, 5.74) is 7.08. The average molecular weight is 192 g/mol. The fraction of sp³-hybridized carbons (Fsp3) is 0.100. The standard InChI is InChI=1S/C10H12N2O2/c1-3-12-8-6-4-5-7(9(8)11)10(13)14-2/h3-6,12H,1,11H2,2H3. The third-order valence-electron chi connectivity index (χ3n) is 1.77. The first-order valence-electron chi connectivity index (χ1n) is 4.05. The zero-order valence-electron chi connectivity index (χ0n) is 7.91. The van der Waals surface area contributed by atoms with E-state index in [0.717, 1.165) is 0 Å². The number of carbonyl (C=O) groups excluding carboxylic acids is 1. The van der Waals surface area contributed by atoms with Crippen molar-refractivity contribution < 1.29 is 9.53 Å². The van der Waals surface area contributed by atoms with Gasteiger partial charge in [-0.2, -0.15) is 0 Å². The summed E-state index contributed by atoms with van der Waals surface area (Å²) in [6.07, 6.45) is 1.49. The van der Waals surface area contributed by atoms with Gasteiger partial charge in [-0.15, -0.1) is 0 Å². The minimum absolute atomic E-state index is 0.347. The summed E-state index contributed by atoms with van der Waals surface area (Å²) >= 11 is 0. The highest BCUT2D eigenvalue weighted by atomic mass is 16.5. The van der Waals surface area contributed by atoms with E-state index >= 15 is 0 Å². The van der Waals surface area contributed by atoms with E-state index in [2.05, 4.69) is 16.6 Å². The molecule has 1 rings (SSSR count). The number of nitrogen functional groups attached to an aromatic ring is 1. The minimum atomic E-state index is -0.449. The Bertz CT molecular complexity index is 361. The number of hydrogen-bond donors (Lipinski definition) is 2. The molecule has 0 aromatic heterocycles. The molecule has 0 bridgehead atoms. The van der Waals surface area contributed by atoms with Gasteiger partial charge in [0.2, 0.25) is 0 Å². The molecule has 4 nitrogen and oxygen atoms in total. The number of nitrogens with one attached hydrogen (secondary N) is 1. The number of para-hydroxylation sites is 1.